The number of carbonyl (C=O) groups excluding carboxylic acids is 1. The summed E-state index contributed by atoms with van der Waals surface area (Å²) in [5.74, 6) is -1.23. The predicted molar refractivity (Wildman–Crippen MR) is 55.5 cm³/mol. The van der Waals surface area contributed by atoms with Gasteiger partial charge in [-0.05, 0) is 19.9 Å². The number of hydrogen-bond acceptors (Lipinski definition) is 3. The van der Waals surface area contributed by atoms with E-state index in [2.05, 4.69) is 5.32 Å². The van der Waals surface area contributed by atoms with Gasteiger partial charge in [-0.3, -0.25) is 9.59 Å². The van der Waals surface area contributed by atoms with E-state index in [9.17, 15) is 9.59 Å². The molecular weight excluding hydrogens is 196 g/mol. The molecule has 1 aliphatic rings. The Balaban J connectivity index is 2.61. The first-order valence-corrected chi connectivity index (χ1v) is 5.18. The molecule has 2 N–H and O–H groups in total. The molecule has 0 aromatic rings. The quantitative estimate of drug-likeness (QED) is 0.628. The molecule has 0 radical (unpaired) electrons. The molecule has 1 amide bonds. The van der Waals surface area contributed by atoms with E-state index < -0.39 is 11.4 Å². The van der Waals surface area contributed by atoms with Crippen LogP contribution in [0.2, 0.25) is 0 Å². The van der Waals surface area contributed by atoms with Gasteiger partial charge < -0.3 is 15.3 Å². The molecule has 86 valence electrons. The molecule has 15 heavy (non-hydrogen) atoms. The van der Waals surface area contributed by atoms with Crippen LogP contribution in [0.4, 0.5) is 0 Å². The van der Waals surface area contributed by atoms with Gasteiger partial charge in [-0.2, -0.15) is 0 Å². The van der Waals surface area contributed by atoms with Gasteiger partial charge in [-0.1, -0.05) is 6.42 Å². The molecule has 1 fully saturated rings. The molecule has 0 saturated heterocycles. The van der Waals surface area contributed by atoms with Crippen LogP contribution in [0, 0.1) is 5.41 Å². The molecule has 0 aliphatic heterocycles. The number of carboxylic acids is 1. The number of nitrogens with one attached hydrogen (secondary N) is 1. The Labute approximate surface area is 89.4 Å². The Hall–Kier alpha value is -1.10. The summed E-state index contributed by atoms with van der Waals surface area (Å²) in [6.07, 6.45) is 1.79. The van der Waals surface area contributed by atoms with Crippen LogP contribution >= 0.6 is 0 Å². The van der Waals surface area contributed by atoms with Gasteiger partial charge in [0.1, 0.15) is 5.41 Å². The van der Waals surface area contributed by atoms with Crippen LogP contribution in [0.5, 0.6) is 0 Å². The highest BCUT2D eigenvalue weighted by atomic mass is 16.4. The van der Waals surface area contributed by atoms with E-state index in [1.165, 1.54) is 4.90 Å². The molecule has 0 aromatic carbocycles. The number of likely N-dealkylation sites (N-methyl/N-ethyl adjacent to an activating group) is 2. The first-order chi connectivity index (χ1) is 7.04. The Morgan fingerprint density at radius 3 is 2.40 bits per heavy atom. The summed E-state index contributed by atoms with van der Waals surface area (Å²) in [5.41, 5.74) is -1.12. The maximum atomic E-state index is 11.9. The summed E-state index contributed by atoms with van der Waals surface area (Å²) >= 11 is 0. The monoisotopic (exact) mass is 214 g/mol. The van der Waals surface area contributed by atoms with Crippen LogP contribution in [0.1, 0.15) is 19.3 Å². The molecule has 1 aliphatic carbocycles. The zero-order valence-electron chi connectivity index (χ0n) is 9.25. The van der Waals surface area contributed by atoms with Gasteiger partial charge in [0, 0.05) is 20.1 Å². The Kier molecular flexibility index (Phi) is 3.68. The van der Waals surface area contributed by atoms with Gasteiger partial charge in [-0.25, -0.2) is 0 Å². The van der Waals surface area contributed by atoms with E-state index >= 15 is 0 Å². The van der Waals surface area contributed by atoms with E-state index in [4.69, 9.17) is 5.11 Å². The summed E-state index contributed by atoms with van der Waals surface area (Å²) in [4.78, 5) is 24.5. The molecule has 0 spiro atoms. The van der Waals surface area contributed by atoms with Crippen molar-refractivity contribution in [3.8, 4) is 0 Å². The number of amides is 1. The molecule has 1 rings (SSSR count). The molecular formula is C10H18N2O3. The average molecular weight is 214 g/mol. The third-order valence-electron chi connectivity index (χ3n) is 3.07. The Bertz CT molecular complexity index is 261. The minimum absolute atomic E-state index is 0.253. The number of carbonyl (C=O) groups is 2. The lowest BCUT2D eigenvalue weighted by atomic mass is 9.68. The second kappa shape index (κ2) is 4.61. The largest absolute Gasteiger partial charge is 0.480 e. The smallest absolute Gasteiger partial charge is 0.319 e. The van der Waals surface area contributed by atoms with Gasteiger partial charge >= 0.3 is 5.97 Å². The van der Waals surface area contributed by atoms with Crippen LogP contribution in [-0.2, 0) is 9.59 Å². The lowest BCUT2D eigenvalue weighted by Crippen LogP contribution is -2.52. The zero-order chi connectivity index (χ0) is 11.5. The summed E-state index contributed by atoms with van der Waals surface area (Å²) in [6, 6.07) is 0. The molecule has 0 aromatic heterocycles. The van der Waals surface area contributed by atoms with Crippen molar-refractivity contribution in [3.63, 3.8) is 0 Å². The molecule has 5 nitrogen and oxygen atoms in total. The van der Waals surface area contributed by atoms with Gasteiger partial charge in [0.15, 0.2) is 0 Å². The predicted octanol–water partition coefficient (Wildman–Crippen LogP) is -0.0809. The van der Waals surface area contributed by atoms with Gasteiger partial charge in [0.05, 0.1) is 0 Å². The summed E-state index contributed by atoms with van der Waals surface area (Å²) in [7, 11) is 3.46. The fourth-order valence-corrected chi connectivity index (χ4v) is 1.80. The van der Waals surface area contributed by atoms with Crippen LogP contribution in [0.25, 0.3) is 0 Å². The van der Waals surface area contributed by atoms with Crippen LogP contribution in [0.3, 0.4) is 0 Å². The van der Waals surface area contributed by atoms with E-state index in [0.29, 0.717) is 25.9 Å². The van der Waals surface area contributed by atoms with Crippen molar-refractivity contribution < 1.29 is 14.7 Å². The molecule has 0 atom stereocenters. The topological polar surface area (TPSA) is 69.6 Å². The number of aliphatic carboxylic acids is 1. The van der Waals surface area contributed by atoms with Crippen molar-refractivity contribution in [2.75, 3.05) is 27.2 Å². The van der Waals surface area contributed by atoms with Gasteiger partial charge in [0.25, 0.3) is 0 Å². The third-order valence-corrected chi connectivity index (χ3v) is 3.07. The minimum atomic E-state index is -1.12. The zero-order valence-corrected chi connectivity index (χ0v) is 9.25. The van der Waals surface area contributed by atoms with E-state index in [1.54, 1.807) is 14.1 Å². The van der Waals surface area contributed by atoms with Crippen LogP contribution in [-0.4, -0.2) is 49.1 Å². The summed E-state index contributed by atoms with van der Waals surface area (Å²) in [5, 5.41) is 12.0. The Morgan fingerprint density at radius 2 is 2.07 bits per heavy atom. The van der Waals surface area contributed by atoms with Crippen LogP contribution < -0.4 is 5.32 Å². The number of rotatable bonds is 5. The van der Waals surface area contributed by atoms with Crippen molar-refractivity contribution in [1.29, 1.82) is 0 Å². The fraction of sp³-hybridized carbons (Fsp3) is 0.800. The van der Waals surface area contributed by atoms with E-state index in [-0.39, 0.29) is 5.91 Å². The van der Waals surface area contributed by atoms with E-state index in [1.807, 2.05) is 0 Å². The fourth-order valence-electron chi connectivity index (χ4n) is 1.80. The lowest BCUT2D eigenvalue weighted by molar-refractivity contribution is -0.166. The normalized spacial score (nSPS) is 18.0. The number of hydrogen-bond donors (Lipinski definition) is 2. The first-order valence-electron chi connectivity index (χ1n) is 5.18. The second-order valence-electron chi connectivity index (χ2n) is 4.07. The third kappa shape index (κ3) is 2.12. The minimum Gasteiger partial charge on any atom is -0.480 e. The summed E-state index contributed by atoms with van der Waals surface area (Å²) in [6.45, 7) is 1.22. The van der Waals surface area contributed by atoms with Gasteiger partial charge in [-0.15, -0.1) is 0 Å². The van der Waals surface area contributed by atoms with Crippen molar-refractivity contribution in [3.05, 3.63) is 0 Å². The average Bonchev–Trinajstić information content (AvgIpc) is 2.11. The Morgan fingerprint density at radius 1 is 1.47 bits per heavy atom. The van der Waals surface area contributed by atoms with Crippen molar-refractivity contribution >= 4 is 11.9 Å². The van der Waals surface area contributed by atoms with Gasteiger partial charge in [0.2, 0.25) is 5.91 Å². The van der Waals surface area contributed by atoms with Crippen molar-refractivity contribution in [1.82, 2.24) is 10.2 Å². The first kappa shape index (κ1) is 12.0. The highest BCUT2D eigenvalue weighted by Gasteiger charge is 2.52. The molecule has 0 heterocycles. The van der Waals surface area contributed by atoms with Crippen LogP contribution in [0.15, 0.2) is 0 Å². The van der Waals surface area contributed by atoms with Crippen molar-refractivity contribution in [2.24, 2.45) is 5.41 Å². The molecule has 0 bridgehead atoms. The lowest BCUT2D eigenvalue weighted by Gasteiger charge is -2.38. The van der Waals surface area contributed by atoms with E-state index in [0.717, 1.165) is 6.42 Å². The molecule has 1 saturated carbocycles. The molecule has 5 heteroatoms. The SMILES string of the molecule is CNCCN(C)C(=O)C1(C(=O)O)CCC1. The highest BCUT2D eigenvalue weighted by molar-refractivity contribution is 6.02. The van der Waals surface area contributed by atoms with Crippen molar-refractivity contribution in [2.45, 2.75) is 19.3 Å². The summed E-state index contributed by atoms with van der Waals surface area (Å²) < 4.78 is 0. The number of carboxylic acid groups (broad SMARTS) is 1. The maximum Gasteiger partial charge on any atom is 0.319 e. The maximum absolute atomic E-state index is 11.9. The standard InChI is InChI=1S/C10H18N2O3/c1-11-6-7-12(2)8(13)10(9(14)15)4-3-5-10/h11H,3-7H2,1-2H3,(H,14,15). The molecule has 0 unspecified atom stereocenters. The highest BCUT2D eigenvalue weighted by Crippen LogP contribution is 2.42. The number of nitrogens with zero attached hydrogens (tertiary/aromatic N) is 1. The second-order valence-corrected chi connectivity index (χ2v) is 4.07.